The standard InChI is InChI=1S/C23H18N4O5/c28-21(27-25-14-16-3-7-19(8-4-16)23(31)32)17-9-11-20(12-10-17)26-24-13-15-1-5-18(6-2-15)22(29)30/h1-14,26H,(H,27,28)(H,29,30)(H,31,32)/b24-13-,25-14-. The van der Waals surface area contributed by atoms with Crippen LogP contribution in [-0.2, 0) is 0 Å². The molecule has 0 radical (unpaired) electrons. The van der Waals surface area contributed by atoms with Crippen molar-refractivity contribution in [3.05, 3.63) is 101 Å². The molecule has 0 bridgehead atoms. The first kappa shape index (κ1) is 21.9. The van der Waals surface area contributed by atoms with Crippen LogP contribution in [0, 0.1) is 0 Å². The fourth-order valence-electron chi connectivity index (χ4n) is 2.53. The highest BCUT2D eigenvalue weighted by molar-refractivity contribution is 5.95. The van der Waals surface area contributed by atoms with Crippen molar-refractivity contribution in [1.82, 2.24) is 5.43 Å². The van der Waals surface area contributed by atoms with Crippen molar-refractivity contribution >= 4 is 36.0 Å². The van der Waals surface area contributed by atoms with Gasteiger partial charge in [0.2, 0.25) is 0 Å². The van der Waals surface area contributed by atoms with Crippen molar-refractivity contribution < 1.29 is 24.6 Å². The van der Waals surface area contributed by atoms with E-state index in [9.17, 15) is 14.4 Å². The van der Waals surface area contributed by atoms with Crippen molar-refractivity contribution in [3.63, 3.8) is 0 Å². The fraction of sp³-hybridized carbons (Fsp3) is 0. The van der Waals surface area contributed by atoms with Gasteiger partial charge in [-0.3, -0.25) is 10.2 Å². The number of anilines is 1. The average molecular weight is 430 g/mol. The van der Waals surface area contributed by atoms with E-state index in [1.54, 1.807) is 54.7 Å². The van der Waals surface area contributed by atoms with E-state index in [1.807, 2.05) is 0 Å². The highest BCUT2D eigenvalue weighted by Crippen LogP contribution is 2.10. The third-order valence-corrected chi connectivity index (χ3v) is 4.25. The van der Waals surface area contributed by atoms with Gasteiger partial charge in [0, 0.05) is 5.56 Å². The summed E-state index contributed by atoms with van der Waals surface area (Å²) in [7, 11) is 0. The normalized spacial score (nSPS) is 10.9. The smallest absolute Gasteiger partial charge is 0.335 e. The van der Waals surface area contributed by atoms with Crippen LogP contribution < -0.4 is 10.9 Å². The third kappa shape index (κ3) is 6.10. The Hall–Kier alpha value is -4.79. The molecule has 32 heavy (non-hydrogen) atoms. The summed E-state index contributed by atoms with van der Waals surface area (Å²) in [5.74, 6) is -2.41. The van der Waals surface area contributed by atoms with Crippen LogP contribution in [-0.4, -0.2) is 40.5 Å². The molecule has 0 heterocycles. The molecule has 0 saturated carbocycles. The summed E-state index contributed by atoms with van der Waals surface area (Å²) in [6.45, 7) is 0. The highest BCUT2D eigenvalue weighted by atomic mass is 16.4. The van der Waals surface area contributed by atoms with E-state index in [0.29, 0.717) is 16.8 Å². The van der Waals surface area contributed by atoms with Crippen LogP contribution in [0.2, 0.25) is 0 Å². The van der Waals surface area contributed by atoms with E-state index in [2.05, 4.69) is 21.1 Å². The van der Waals surface area contributed by atoms with E-state index in [1.165, 1.54) is 30.5 Å². The molecule has 3 rings (SSSR count). The van der Waals surface area contributed by atoms with Gasteiger partial charge >= 0.3 is 11.9 Å². The lowest BCUT2D eigenvalue weighted by Gasteiger charge is -2.03. The predicted octanol–water partition coefficient (Wildman–Crippen LogP) is 3.29. The Bertz CT molecular complexity index is 1170. The first-order chi connectivity index (χ1) is 15.4. The van der Waals surface area contributed by atoms with Crippen molar-refractivity contribution in [1.29, 1.82) is 0 Å². The second-order valence-corrected chi connectivity index (χ2v) is 6.50. The molecule has 0 aromatic heterocycles. The van der Waals surface area contributed by atoms with Crippen LogP contribution in [0.25, 0.3) is 0 Å². The van der Waals surface area contributed by atoms with Gasteiger partial charge in [-0.05, 0) is 59.7 Å². The lowest BCUT2D eigenvalue weighted by molar-refractivity contribution is 0.0686. The molecule has 1 amide bonds. The van der Waals surface area contributed by atoms with Crippen molar-refractivity contribution in [2.75, 3.05) is 5.43 Å². The zero-order chi connectivity index (χ0) is 22.9. The number of carboxylic acid groups (broad SMARTS) is 2. The summed E-state index contributed by atoms with van der Waals surface area (Å²) < 4.78 is 0. The maximum Gasteiger partial charge on any atom is 0.335 e. The Kier molecular flexibility index (Phi) is 7.05. The maximum atomic E-state index is 12.2. The van der Waals surface area contributed by atoms with Gasteiger partial charge in [0.15, 0.2) is 0 Å². The van der Waals surface area contributed by atoms with Gasteiger partial charge in [0.1, 0.15) is 0 Å². The number of carbonyl (C=O) groups is 3. The summed E-state index contributed by atoms with van der Waals surface area (Å²) in [5, 5.41) is 25.7. The minimum atomic E-state index is -1.01. The second-order valence-electron chi connectivity index (χ2n) is 6.50. The zero-order valence-corrected chi connectivity index (χ0v) is 16.6. The summed E-state index contributed by atoms with van der Waals surface area (Å²) >= 11 is 0. The Morgan fingerprint density at radius 1 is 0.625 bits per heavy atom. The number of hydrogen-bond acceptors (Lipinski definition) is 6. The average Bonchev–Trinajstić information content (AvgIpc) is 2.80. The molecule has 0 spiro atoms. The van der Waals surface area contributed by atoms with Crippen LogP contribution in [0.1, 0.15) is 42.2 Å². The number of hydrazone groups is 2. The minimum absolute atomic E-state index is 0.167. The van der Waals surface area contributed by atoms with Gasteiger partial charge in [-0.2, -0.15) is 10.2 Å². The Morgan fingerprint density at radius 3 is 1.53 bits per heavy atom. The third-order valence-electron chi connectivity index (χ3n) is 4.25. The number of amides is 1. The van der Waals surface area contributed by atoms with Gasteiger partial charge in [-0.15, -0.1) is 0 Å². The molecule has 0 saturated heterocycles. The van der Waals surface area contributed by atoms with Crippen molar-refractivity contribution in [3.8, 4) is 0 Å². The lowest BCUT2D eigenvalue weighted by Crippen LogP contribution is -2.17. The topological polar surface area (TPSA) is 140 Å². The molecule has 3 aromatic carbocycles. The van der Waals surface area contributed by atoms with Crippen LogP contribution in [0.5, 0.6) is 0 Å². The molecular formula is C23H18N4O5. The number of carboxylic acids is 2. The second kappa shape index (κ2) is 10.3. The van der Waals surface area contributed by atoms with Gasteiger partial charge in [0.05, 0.1) is 29.2 Å². The summed E-state index contributed by atoms with van der Waals surface area (Å²) in [6.07, 6.45) is 2.96. The molecule has 9 nitrogen and oxygen atoms in total. The summed E-state index contributed by atoms with van der Waals surface area (Å²) in [4.78, 5) is 33.8. The highest BCUT2D eigenvalue weighted by Gasteiger charge is 2.04. The van der Waals surface area contributed by atoms with Gasteiger partial charge in [-0.1, -0.05) is 24.3 Å². The number of benzene rings is 3. The van der Waals surface area contributed by atoms with E-state index >= 15 is 0 Å². The SMILES string of the molecule is O=C(O)c1ccc(/C=N\NC(=O)c2ccc(N/N=C\c3ccc(C(=O)O)cc3)cc2)cc1. The molecule has 0 unspecified atom stereocenters. The first-order valence-electron chi connectivity index (χ1n) is 9.31. The molecular weight excluding hydrogens is 412 g/mol. The van der Waals surface area contributed by atoms with E-state index < -0.39 is 17.8 Å². The number of carbonyl (C=O) groups excluding carboxylic acids is 1. The van der Waals surface area contributed by atoms with Gasteiger partial charge in [0.25, 0.3) is 5.91 Å². The quantitative estimate of drug-likeness (QED) is 0.319. The van der Waals surface area contributed by atoms with Gasteiger partial charge < -0.3 is 10.2 Å². The zero-order valence-electron chi connectivity index (χ0n) is 16.6. The van der Waals surface area contributed by atoms with E-state index in [0.717, 1.165) is 5.56 Å². The van der Waals surface area contributed by atoms with Gasteiger partial charge in [-0.25, -0.2) is 15.0 Å². The molecule has 0 aliphatic carbocycles. The number of nitrogens with zero attached hydrogens (tertiary/aromatic N) is 2. The Balaban J connectivity index is 1.51. The molecule has 3 aromatic rings. The largest absolute Gasteiger partial charge is 0.478 e. The van der Waals surface area contributed by atoms with E-state index in [4.69, 9.17) is 10.2 Å². The first-order valence-corrected chi connectivity index (χ1v) is 9.31. The van der Waals surface area contributed by atoms with Crippen molar-refractivity contribution in [2.45, 2.75) is 0 Å². The Labute approximate surface area is 182 Å². The lowest BCUT2D eigenvalue weighted by atomic mass is 10.1. The fourth-order valence-corrected chi connectivity index (χ4v) is 2.53. The summed E-state index contributed by atoms with van der Waals surface area (Å²) in [5.41, 5.74) is 8.01. The molecule has 9 heteroatoms. The Morgan fingerprint density at radius 2 is 1.06 bits per heavy atom. The van der Waals surface area contributed by atoms with E-state index in [-0.39, 0.29) is 11.1 Å². The molecule has 0 aliphatic rings. The molecule has 0 fully saturated rings. The predicted molar refractivity (Wildman–Crippen MR) is 120 cm³/mol. The van der Waals surface area contributed by atoms with Crippen molar-refractivity contribution in [2.24, 2.45) is 10.2 Å². The maximum absolute atomic E-state index is 12.2. The summed E-state index contributed by atoms with van der Waals surface area (Å²) in [6, 6.07) is 18.9. The number of aromatic carboxylic acids is 2. The molecule has 0 atom stereocenters. The number of rotatable bonds is 8. The number of nitrogens with one attached hydrogen (secondary N) is 2. The number of hydrogen-bond donors (Lipinski definition) is 4. The monoisotopic (exact) mass is 430 g/mol. The minimum Gasteiger partial charge on any atom is -0.478 e. The molecule has 0 aliphatic heterocycles. The molecule has 4 N–H and O–H groups in total. The van der Waals surface area contributed by atoms with Crippen LogP contribution in [0.4, 0.5) is 5.69 Å². The molecule has 160 valence electrons. The van der Waals surface area contributed by atoms with Crippen LogP contribution in [0.15, 0.2) is 83.0 Å². The van der Waals surface area contributed by atoms with Crippen LogP contribution >= 0.6 is 0 Å². The van der Waals surface area contributed by atoms with Crippen LogP contribution in [0.3, 0.4) is 0 Å².